The molecule has 0 aromatic heterocycles. The maximum atomic E-state index is 13.5. The third-order valence-corrected chi connectivity index (χ3v) is 7.28. The highest BCUT2D eigenvalue weighted by molar-refractivity contribution is 5.73. The van der Waals surface area contributed by atoms with Gasteiger partial charge in [-0.1, -0.05) is 19.1 Å². The predicted octanol–water partition coefficient (Wildman–Crippen LogP) is 6.31. The van der Waals surface area contributed by atoms with Crippen LogP contribution in [0, 0.1) is 11.8 Å². The monoisotopic (exact) mass is 559 g/mol. The third-order valence-electron chi connectivity index (χ3n) is 7.28. The van der Waals surface area contributed by atoms with Crippen LogP contribution in [0.1, 0.15) is 47.9 Å². The Morgan fingerprint density at radius 2 is 1.82 bits per heavy atom. The fourth-order valence-corrected chi connectivity index (χ4v) is 5.20. The van der Waals surface area contributed by atoms with E-state index >= 15 is 0 Å². The Bertz CT molecular complexity index is 1150. The van der Waals surface area contributed by atoms with E-state index in [9.17, 15) is 31.1 Å². The summed E-state index contributed by atoms with van der Waals surface area (Å²) in [4.78, 5) is 13.8. The molecule has 4 rings (SSSR count). The van der Waals surface area contributed by atoms with Crippen molar-refractivity contribution in [2.24, 2.45) is 11.8 Å². The van der Waals surface area contributed by atoms with Crippen LogP contribution >= 0.6 is 0 Å². The van der Waals surface area contributed by atoms with Gasteiger partial charge in [-0.3, -0.25) is 9.69 Å². The summed E-state index contributed by atoms with van der Waals surface area (Å²) < 4.78 is 96.6. The molecule has 11 heteroatoms. The summed E-state index contributed by atoms with van der Waals surface area (Å²) in [6.07, 6.45) is -7.95. The lowest BCUT2D eigenvalue weighted by Crippen LogP contribution is -2.44. The summed E-state index contributed by atoms with van der Waals surface area (Å²) in [5, 5.41) is 0. The van der Waals surface area contributed by atoms with Gasteiger partial charge >= 0.3 is 18.3 Å². The van der Waals surface area contributed by atoms with E-state index in [0.717, 1.165) is 18.4 Å². The Balaban J connectivity index is 1.42. The normalized spacial score (nSPS) is 20.4. The zero-order chi connectivity index (χ0) is 28.4. The van der Waals surface area contributed by atoms with E-state index in [-0.39, 0.29) is 50.7 Å². The van der Waals surface area contributed by atoms with Crippen LogP contribution in [-0.2, 0) is 33.2 Å². The number of esters is 1. The second kappa shape index (κ2) is 11.8. The molecule has 1 saturated heterocycles. The Labute approximate surface area is 223 Å². The molecule has 0 bridgehead atoms. The number of hydrogen-bond acceptors (Lipinski definition) is 5. The molecule has 1 aliphatic heterocycles. The minimum Gasteiger partial charge on any atom is -0.491 e. The first-order valence-corrected chi connectivity index (χ1v) is 12.8. The van der Waals surface area contributed by atoms with Crippen LogP contribution in [0.5, 0.6) is 5.75 Å². The quantitative estimate of drug-likeness (QED) is 0.266. The van der Waals surface area contributed by atoms with Crippen LogP contribution in [0.4, 0.5) is 26.3 Å². The number of methoxy groups -OCH3 is 1. The second-order valence-electron chi connectivity index (χ2n) is 10.2. The molecule has 2 fully saturated rings. The Morgan fingerprint density at radius 1 is 1.08 bits per heavy atom. The van der Waals surface area contributed by atoms with Crippen molar-refractivity contribution in [2.75, 3.05) is 33.4 Å². The van der Waals surface area contributed by atoms with Crippen LogP contribution < -0.4 is 4.74 Å². The lowest BCUT2D eigenvalue weighted by atomic mass is 9.83. The summed E-state index contributed by atoms with van der Waals surface area (Å²) in [7, 11) is 1.37. The van der Waals surface area contributed by atoms with E-state index in [1.165, 1.54) is 7.11 Å². The molecule has 1 heterocycles. The van der Waals surface area contributed by atoms with Gasteiger partial charge < -0.3 is 14.2 Å². The van der Waals surface area contributed by atoms with Gasteiger partial charge in [-0.25, -0.2) is 0 Å². The fraction of sp³-hybridized carbons (Fsp3) is 0.536. The first-order chi connectivity index (χ1) is 18.4. The number of alkyl halides is 6. The molecular formula is C28H31F6NO4. The maximum Gasteiger partial charge on any atom is 0.416 e. The average molecular weight is 560 g/mol. The zero-order valence-electron chi connectivity index (χ0n) is 21.6. The lowest BCUT2D eigenvalue weighted by Gasteiger charge is -2.33. The van der Waals surface area contributed by atoms with Crippen LogP contribution in [0.2, 0.25) is 0 Å². The van der Waals surface area contributed by atoms with Gasteiger partial charge in [0.1, 0.15) is 18.5 Å². The van der Waals surface area contributed by atoms with Gasteiger partial charge in [0.2, 0.25) is 0 Å². The van der Waals surface area contributed by atoms with Gasteiger partial charge in [-0.05, 0) is 66.1 Å². The highest BCUT2D eigenvalue weighted by Gasteiger charge is 2.40. The van der Waals surface area contributed by atoms with Gasteiger partial charge in [0, 0.05) is 19.6 Å². The Kier molecular flexibility index (Phi) is 8.80. The summed E-state index contributed by atoms with van der Waals surface area (Å²) in [6, 6.07) is 8.95. The molecular weight excluding hydrogens is 528 g/mol. The predicted molar refractivity (Wildman–Crippen MR) is 130 cm³/mol. The third kappa shape index (κ3) is 7.45. The number of nitrogens with zero attached hydrogens (tertiary/aromatic N) is 1. The molecule has 0 amide bonds. The Hall–Kier alpha value is -2.79. The molecule has 2 aromatic carbocycles. The summed E-state index contributed by atoms with van der Waals surface area (Å²) >= 11 is 0. The van der Waals surface area contributed by atoms with Crippen molar-refractivity contribution in [3.8, 4) is 5.75 Å². The van der Waals surface area contributed by atoms with Crippen molar-refractivity contribution in [2.45, 2.75) is 50.7 Å². The number of halogens is 6. The average Bonchev–Trinajstić information content (AvgIpc) is 3.71. The smallest absolute Gasteiger partial charge is 0.416 e. The van der Waals surface area contributed by atoms with Crippen LogP contribution in [0.3, 0.4) is 0 Å². The highest BCUT2D eigenvalue weighted by atomic mass is 19.4. The number of carbonyl (C=O) groups excluding carboxylic acids is 1. The fourth-order valence-electron chi connectivity index (χ4n) is 5.20. The van der Waals surface area contributed by atoms with Crippen molar-refractivity contribution < 1.29 is 45.3 Å². The zero-order valence-corrected chi connectivity index (χ0v) is 21.6. The molecule has 214 valence electrons. The molecule has 2 aromatic rings. The van der Waals surface area contributed by atoms with Crippen molar-refractivity contribution in [1.29, 1.82) is 0 Å². The van der Waals surface area contributed by atoms with E-state index < -0.39 is 35.1 Å². The topological polar surface area (TPSA) is 48.0 Å². The summed E-state index contributed by atoms with van der Waals surface area (Å²) in [5.74, 6) is 0.363. The van der Waals surface area contributed by atoms with E-state index in [4.69, 9.17) is 14.2 Å². The van der Waals surface area contributed by atoms with E-state index in [2.05, 4.69) is 0 Å². The molecule has 0 radical (unpaired) electrons. The van der Waals surface area contributed by atoms with Gasteiger partial charge in [0.15, 0.2) is 0 Å². The van der Waals surface area contributed by atoms with Crippen molar-refractivity contribution in [1.82, 2.24) is 4.90 Å². The Morgan fingerprint density at radius 3 is 2.46 bits per heavy atom. The first-order valence-electron chi connectivity index (χ1n) is 12.8. The van der Waals surface area contributed by atoms with E-state index in [1.807, 2.05) is 25.1 Å². The van der Waals surface area contributed by atoms with Gasteiger partial charge in [-0.15, -0.1) is 0 Å². The number of hydrogen-bond donors (Lipinski definition) is 0. The van der Waals surface area contributed by atoms with Crippen molar-refractivity contribution in [3.05, 3.63) is 64.7 Å². The number of ether oxygens (including phenoxy) is 3. The molecule has 39 heavy (non-hydrogen) atoms. The molecule has 5 nitrogen and oxygen atoms in total. The van der Waals surface area contributed by atoms with Crippen LogP contribution in [0.15, 0.2) is 42.5 Å². The summed E-state index contributed by atoms with van der Waals surface area (Å²) in [6.45, 7) is 2.32. The standard InChI is InChI=1S/C28H31F6NO4/c1-17(26(36)37-2)25(18-6-7-18)19-4-3-5-22(13-19)39-16-23-15-35(10-11-38-23)14-20-12-21(27(29,30)31)8-9-24(20)28(32,33)34/h3-5,8-9,12-13,17-18,23,25H,6-7,10-11,14-16H2,1-2H3/t17-,23?,25-/m0/s1. The lowest BCUT2D eigenvalue weighted by molar-refractivity contribution is -0.146. The molecule has 0 N–H and O–H groups in total. The van der Waals surface area contributed by atoms with Crippen LogP contribution in [0.25, 0.3) is 0 Å². The number of morpholine rings is 1. The molecule has 1 unspecified atom stereocenters. The largest absolute Gasteiger partial charge is 0.491 e. The molecule has 0 spiro atoms. The second-order valence-corrected chi connectivity index (χ2v) is 10.2. The van der Waals surface area contributed by atoms with Crippen molar-refractivity contribution in [3.63, 3.8) is 0 Å². The van der Waals surface area contributed by atoms with E-state index in [0.29, 0.717) is 29.9 Å². The van der Waals surface area contributed by atoms with Gasteiger partial charge in [0.25, 0.3) is 0 Å². The number of rotatable bonds is 9. The number of benzene rings is 2. The maximum absolute atomic E-state index is 13.5. The highest BCUT2D eigenvalue weighted by Crippen LogP contribution is 2.47. The molecule has 3 atom stereocenters. The minimum atomic E-state index is -4.77. The number of carbonyl (C=O) groups is 1. The summed E-state index contributed by atoms with van der Waals surface area (Å²) in [5.41, 5.74) is -1.68. The van der Waals surface area contributed by atoms with Gasteiger partial charge in [-0.2, -0.15) is 26.3 Å². The SMILES string of the molecule is COC(=O)[C@@H](C)[C@H](c1cccc(OCC2CN(Cc3cc(C(F)(F)F)ccc3C(F)(F)F)CCO2)c1)C1CC1. The van der Waals surface area contributed by atoms with Crippen molar-refractivity contribution >= 4 is 5.97 Å². The molecule has 2 aliphatic rings. The molecule has 1 saturated carbocycles. The first kappa shape index (κ1) is 29.2. The van der Waals surface area contributed by atoms with Crippen LogP contribution in [-0.4, -0.2) is 50.4 Å². The minimum absolute atomic E-state index is 0.00212. The van der Waals surface area contributed by atoms with Gasteiger partial charge in [0.05, 0.1) is 30.8 Å². The molecule has 1 aliphatic carbocycles. The van der Waals surface area contributed by atoms with E-state index in [1.54, 1.807) is 11.0 Å².